The Kier molecular flexibility index (Phi) is 7.03. The molecule has 190 valence electrons. The maximum atomic E-state index is 11.3. The van der Waals surface area contributed by atoms with Gasteiger partial charge in [0.15, 0.2) is 0 Å². The van der Waals surface area contributed by atoms with Crippen LogP contribution in [0.15, 0.2) is 36.6 Å². The molecule has 4 aliphatic rings. The van der Waals surface area contributed by atoms with E-state index in [0.717, 1.165) is 54.9 Å². The molecular formula is C31H40BNOS2. The third-order valence-corrected chi connectivity index (χ3v) is 12.4. The summed E-state index contributed by atoms with van der Waals surface area (Å²) in [6.45, 7) is 7.22. The number of aliphatic hydroxyl groups is 1. The zero-order valence-electron chi connectivity index (χ0n) is 22.0. The SMILES string of the molecule is CCC1CC(C2CC=C(c3bc(-c4cnc(C5(O)CCCCC5)s4)sc3C3(C)C=CC=CC3)CC2)C1. The third-order valence-electron chi connectivity index (χ3n) is 9.64. The van der Waals surface area contributed by atoms with Crippen LogP contribution in [0.2, 0.25) is 0 Å². The number of thiazole rings is 1. The van der Waals surface area contributed by atoms with Crippen molar-refractivity contribution >= 4 is 35.2 Å². The van der Waals surface area contributed by atoms with Crippen LogP contribution in [0.1, 0.15) is 106 Å². The van der Waals surface area contributed by atoms with Crippen molar-refractivity contribution in [2.45, 2.75) is 102 Å². The number of nitrogens with zero attached hydrogens (tertiary/aromatic N) is 1. The van der Waals surface area contributed by atoms with Gasteiger partial charge in [0.25, 0.3) is 0 Å². The van der Waals surface area contributed by atoms with E-state index in [9.17, 15) is 5.11 Å². The van der Waals surface area contributed by atoms with Crippen molar-refractivity contribution < 1.29 is 5.11 Å². The summed E-state index contributed by atoms with van der Waals surface area (Å²) in [6.07, 6.45) is 28.1. The van der Waals surface area contributed by atoms with Crippen LogP contribution in [0, 0.1) is 17.8 Å². The average molecular weight is 518 g/mol. The Morgan fingerprint density at radius 3 is 2.64 bits per heavy atom. The third kappa shape index (κ3) is 4.69. The van der Waals surface area contributed by atoms with E-state index in [1.807, 2.05) is 17.5 Å². The van der Waals surface area contributed by atoms with E-state index in [1.165, 1.54) is 64.9 Å². The fourth-order valence-electron chi connectivity index (χ4n) is 7.06. The van der Waals surface area contributed by atoms with Gasteiger partial charge in [-0.3, -0.25) is 0 Å². The normalized spacial score (nSPS) is 31.6. The molecule has 2 atom stereocenters. The van der Waals surface area contributed by atoms with Crippen LogP contribution in [0.3, 0.4) is 0 Å². The van der Waals surface area contributed by atoms with Gasteiger partial charge in [0.2, 0.25) is 0 Å². The second-order valence-corrected chi connectivity index (χ2v) is 14.2. The summed E-state index contributed by atoms with van der Waals surface area (Å²) in [4.78, 5) is 7.48. The molecule has 2 aromatic rings. The minimum absolute atomic E-state index is 0.0437. The molecule has 2 unspecified atom stereocenters. The summed E-state index contributed by atoms with van der Waals surface area (Å²) in [5.74, 6) is 2.86. The monoisotopic (exact) mass is 517 g/mol. The Bertz CT molecular complexity index is 1180. The molecule has 2 fully saturated rings. The Labute approximate surface area is 225 Å². The van der Waals surface area contributed by atoms with Gasteiger partial charge in [0, 0.05) is 0 Å². The van der Waals surface area contributed by atoms with Crippen molar-refractivity contribution in [2.75, 3.05) is 0 Å². The van der Waals surface area contributed by atoms with E-state index in [4.69, 9.17) is 4.98 Å². The van der Waals surface area contributed by atoms with Crippen LogP contribution in [-0.2, 0) is 11.0 Å². The van der Waals surface area contributed by atoms with E-state index in [2.05, 4.69) is 51.1 Å². The van der Waals surface area contributed by atoms with Gasteiger partial charge in [-0.2, -0.15) is 0 Å². The van der Waals surface area contributed by atoms with Crippen LogP contribution < -0.4 is 0 Å². The zero-order chi connectivity index (χ0) is 24.8. The van der Waals surface area contributed by atoms with E-state index in [-0.39, 0.29) is 5.41 Å². The summed E-state index contributed by atoms with van der Waals surface area (Å²) < 4.78 is 1.32. The van der Waals surface area contributed by atoms with Gasteiger partial charge in [-0.1, -0.05) is 0 Å². The fourth-order valence-corrected chi connectivity index (χ4v) is 9.51. The van der Waals surface area contributed by atoms with Crippen LogP contribution in [-0.4, -0.2) is 17.0 Å². The molecule has 0 bridgehead atoms. The molecule has 6 rings (SSSR count). The zero-order valence-corrected chi connectivity index (χ0v) is 23.6. The second kappa shape index (κ2) is 10.1. The van der Waals surface area contributed by atoms with E-state index in [0.29, 0.717) is 0 Å². The quantitative estimate of drug-likeness (QED) is 0.416. The van der Waals surface area contributed by atoms with Gasteiger partial charge in [0.05, 0.1) is 0 Å². The standard InChI is InChI=1S/C31H40BNOS2/c1-3-21-18-24(19-21)22-10-12-23(13-11-22)26-27(30(2)14-6-4-7-15-30)36-28(32-26)25-20-33-29(35-25)31(34)16-8-5-9-17-31/h4,6-7,12,14,20-22,24,34H,3,5,8-11,13,15-19H2,1-2H3. The van der Waals surface area contributed by atoms with E-state index in [1.54, 1.807) is 16.9 Å². The molecule has 0 aliphatic heterocycles. The fraction of sp³-hybridized carbons (Fsp3) is 0.613. The molecule has 0 radical (unpaired) electrons. The van der Waals surface area contributed by atoms with Crippen LogP contribution in [0.25, 0.3) is 15.2 Å². The number of hydrogen-bond donors (Lipinski definition) is 1. The molecule has 0 saturated heterocycles. The van der Waals surface area contributed by atoms with Gasteiger partial charge >= 0.3 is 226 Å². The van der Waals surface area contributed by atoms with Gasteiger partial charge in [-0.25, -0.2) is 0 Å². The molecule has 1 N–H and O–H groups in total. The van der Waals surface area contributed by atoms with Crippen molar-refractivity contribution in [1.82, 2.24) is 4.98 Å². The van der Waals surface area contributed by atoms with Gasteiger partial charge in [-0.15, -0.1) is 0 Å². The predicted octanol–water partition coefficient (Wildman–Crippen LogP) is 8.75. The first kappa shape index (κ1) is 25.0. The first-order valence-corrected chi connectivity index (χ1v) is 16.0. The number of hydrogen-bond acceptors (Lipinski definition) is 4. The number of aromatic nitrogens is 1. The Balaban J connectivity index is 1.30. The molecule has 0 aromatic carbocycles. The minimum atomic E-state index is -0.716. The van der Waals surface area contributed by atoms with E-state index >= 15 is 0 Å². The number of rotatable bonds is 6. The van der Waals surface area contributed by atoms with Gasteiger partial charge in [-0.05, 0) is 0 Å². The predicted molar refractivity (Wildman–Crippen MR) is 156 cm³/mol. The van der Waals surface area contributed by atoms with Crippen molar-refractivity contribution in [2.24, 2.45) is 17.8 Å². The molecular weight excluding hydrogens is 477 g/mol. The summed E-state index contributed by atoms with van der Waals surface area (Å²) in [5.41, 5.74) is 2.37. The first-order valence-electron chi connectivity index (χ1n) is 14.3. The van der Waals surface area contributed by atoms with Crippen molar-refractivity contribution in [3.8, 4) is 9.65 Å². The average Bonchev–Trinajstić information content (AvgIpc) is 3.54. The molecule has 2 heterocycles. The molecule has 36 heavy (non-hydrogen) atoms. The summed E-state index contributed by atoms with van der Waals surface area (Å²) in [6, 6.07) is 0. The molecule has 4 aliphatic carbocycles. The summed E-state index contributed by atoms with van der Waals surface area (Å²) in [5, 5.41) is 12.2. The van der Waals surface area contributed by atoms with Crippen molar-refractivity contribution in [1.29, 1.82) is 0 Å². The first-order chi connectivity index (χ1) is 17.5. The molecule has 2 saturated carbocycles. The topological polar surface area (TPSA) is 33.1 Å². The second-order valence-electron chi connectivity index (χ2n) is 12.2. The molecule has 0 amide bonds. The number of allylic oxidation sites excluding steroid dienone is 6. The Morgan fingerprint density at radius 2 is 1.94 bits per heavy atom. The summed E-state index contributed by atoms with van der Waals surface area (Å²) >= 11 is 3.68. The molecule has 2 nitrogen and oxygen atoms in total. The Hall–Kier alpha value is -1.30. The van der Waals surface area contributed by atoms with Crippen LogP contribution >= 0.6 is 22.7 Å². The maximum absolute atomic E-state index is 11.3. The molecule has 2 aromatic heterocycles. The van der Waals surface area contributed by atoms with Crippen molar-refractivity contribution in [3.63, 3.8) is 0 Å². The molecule has 0 spiro atoms. The van der Waals surface area contributed by atoms with E-state index < -0.39 is 5.60 Å². The Morgan fingerprint density at radius 1 is 1.11 bits per heavy atom. The van der Waals surface area contributed by atoms with Gasteiger partial charge < -0.3 is 0 Å². The van der Waals surface area contributed by atoms with Crippen LogP contribution in [0.5, 0.6) is 0 Å². The van der Waals surface area contributed by atoms with Crippen LogP contribution in [0.4, 0.5) is 0 Å². The summed E-state index contributed by atoms with van der Waals surface area (Å²) in [7, 11) is 0. The van der Waals surface area contributed by atoms with Crippen molar-refractivity contribution in [3.05, 3.63) is 51.9 Å². The van der Waals surface area contributed by atoms with Gasteiger partial charge in [0.1, 0.15) is 0 Å². The molecule has 5 heteroatoms.